The van der Waals surface area contributed by atoms with E-state index < -0.39 is 0 Å². The maximum atomic E-state index is 6.68. The molecule has 0 amide bonds. The van der Waals surface area contributed by atoms with E-state index in [1.807, 2.05) is 0 Å². The van der Waals surface area contributed by atoms with Crippen molar-refractivity contribution in [1.82, 2.24) is 0 Å². The van der Waals surface area contributed by atoms with E-state index in [4.69, 9.17) is 8.83 Å². The quantitative estimate of drug-likeness (QED) is 0.163. The molecule has 0 saturated carbocycles. The Labute approximate surface area is 240 Å². The Morgan fingerprint density at radius 2 is 0.690 bits per heavy atom. The largest absolute Gasteiger partial charge is 0.456 e. The van der Waals surface area contributed by atoms with Gasteiger partial charge in [-0.15, -0.1) is 0 Å². The number of rotatable bonds is 2. The van der Waals surface area contributed by atoms with Gasteiger partial charge in [0.2, 0.25) is 0 Å². The van der Waals surface area contributed by atoms with Crippen LogP contribution in [0.25, 0.3) is 98.8 Å². The van der Waals surface area contributed by atoms with E-state index >= 15 is 0 Å². The summed E-state index contributed by atoms with van der Waals surface area (Å²) in [5.41, 5.74) is 10.6. The molecule has 0 aromatic heterocycles. The lowest BCUT2D eigenvalue weighted by Crippen LogP contribution is -1.96. The summed E-state index contributed by atoms with van der Waals surface area (Å²) in [5.74, 6) is 0. The minimum absolute atomic E-state index is 0.870. The lowest BCUT2D eigenvalue weighted by molar-refractivity contribution is 0.646. The van der Waals surface area contributed by atoms with Gasteiger partial charge in [-0.05, 0) is 91.0 Å². The van der Waals surface area contributed by atoms with Crippen molar-refractivity contribution in [3.8, 4) is 33.4 Å². The van der Waals surface area contributed by atoms with E-state index in [1.54, 1.807) is 0 Å². The molecule has 8 aromatic rings. The third-order valence-corrected chi connectivity index (χ3v) is 9.06. The zero-order valence-electron chi connectivity index (χ0n) is 22.5. The minimum Gasteiger partial charge on any atom is -0.456 e. The van der Waals surface area contributed by atoms with Crippen LogP contribution < -0.4 is 0 Å². The molecule has 42 heavy (non-hydrogen) atoms. The lowest BCUT2D eigenvalue weighted by atomic mass is 9.85. The van der Waals surface area contributed by atoms with Crippen LogP contribution in [0.15, 0.2) is 142 Å². The summed E-state index contributed by atoms with van der Waals surface area (Å²) in [6, 6.07) is 47.5. The van der Waals surface area contributed by atoms with Crippen molar-refractivity contribution in [2.24, 2.45) is 0 Å². The SMILES string of the molecule is c1ccc2c(-c3ccc4oc5ccc6c(-c7cccc8ccccc78)ccc7oc8ccc3c4c8-c5c76)cccc2c1. The molecule has 0 spiro atoms. The van der Waals surface area contributed by atoms with Crippen LogP contribution in [0, 0.1) is 0 Å². The van der Waals surface area contributed by atoms with Gasteiger partial charge in [0.25, 0.3) is 0 Å². The molecular weight excluding hydrogens is 512 g/mol. The fourth-order valence-electron chi connectivity index (χ4n) is 7.26. The summed E-state index contributed by atoms with van der Waals surface area (Å²) < 4.78 is 13.4. The first-order chi connectivity index (χ1) is 20.8. The van der Waals surface area contributed by atoms with Crippen LogP contribution in [-0.2, 0) is 0 Å². The van der Waals surface area contributed by atoms with E-state index in [9.17, 15) is 0 Å². The molecule has 0 saturated heterocycles. The molecule has 0 fully saturated rings. The highest BCUT2D eigenvalue weighted by molar-refractivity contribution is 6.27. The number of benzene rings is 8. The van der Waals surface area contributed by atoms with E-state index in [1.165, 1.54) is 54.6 Å². The molecule has 0 atom stereocenters. The van der Waals surface area contributed by atoms with Gasteiger partial charge >= 0.3 is 0 Å². The monoisotopic (exact) mass is 534 g/mol. The molecule has 2 heteroatoms. The maximum Gasteiger partial charge on any atom is 0.136 e. The van der Waals surface area contributed by atoms with Crippen molar-refractivity contribution in [2.45, 2.75) is 0 Å². The van der Waals surface area contributed by atoms with Crippen molar-refractivity contribution < 1.29 is 8.83 Å². The molecule has 2 aliphatic rings. The van der Waals surface area contributed by atoms with Crippen LogP contribution in [-0.4, -0.2) is 0 Å². The highest BCUT2D eigenvalue weighted by Crippen LogP contribution is 2.51. The van der Waals surface area contributed by atoms with Gasteiger partial charge in [0.1, 0.15) is 22.3 Å². The molecule has 10 rings (SSSR count). The molecule has 2 aliphatic heterocycles. The molecule has 0 bridgehead atoms. The standard InChI is InChI=1S/C40H22O2/c1-3-11-25-23(7-1)9-5-13-27(25)29-15-19-33-37-31(29)17-21-35-39(37)40-36(41-33)22-18-32-30(16-20-34(42-35)38(32)40)28-14-6-10-24-8-2-4-12-26(24)28/h1-22H. The van der Waals surface area contributed by atoms with Crippen LogP contribution in [0.5, 0.6) is 0 Å². The van der Waals surface area contributed by atoms with Gasteiger partial charge in [0.05, 0.1) is 0 Å². The van der Waals surface area contributed by atoms with Crippen LogP contribution in [0.2, 0.25) is 0 Å². The van der Waals surface area contributed by atoms with Gasteiger partial charge in [0, 0.05) is 21.9 Å². The predicted octanol–water partition coefficient (Wildman–Crippen LogP) is 11.7. The summed E-state index contributed by atoms with van der Waals surface area (Å²) in [5, 5.41) is 9.52. The average Bonchev–Trinajstić information content (AvgIpc) is 3.05. The number of hydrogen-bond donors (Lipinski definition) is 0. The Morgan fingerprint density at radius 1 is 0.286 bits per heavy atom. The van der Waals surface area contributed by atoms with Crippen molar-refractivity contribution >= 4 is 65.4 Å². The normalized spacial score (nSPS) is 12.3. The van der Waals surface area contributed by atoms with Crippen molar-refractivity contribution in [3.05, 3.63) is 133 Å². The predicted molar refractivity (Wildman–Crippen MR) is 175 cm³/mol. The molecule has 0 N–H and O–H groups in total. The zero-order valence-corrected chi connectivity index (χ0v) is 22.5. The summed E-state index contributed by atoms with van der Waals surface area (Å²) in [6.45, 7) is 0. The van der Waals surface area contributed by atoms with Crippen LogP contribution in [0.1, 0.15) is 0 Å². The second-order valence-corrected chi connectivity index (χ2v) is 11.2. The topological polar surface area (TPSA) is 26.3 Å². The van der Waals surface area contributed by atoms with Crippen molar-refractivity contribution in [3.63, 3.8) is 0 Å². The van der Waals surface area contributed by atoms with Crippen LogP contribution in [0.3, 0.4) is 0 Å². The highest BCUT2D eigenvalue weighted by Gasteiger charge is 2.26. The van der Waals surface area contributed by atoms with E-state index in [2.05, 4.69) is 133 Å². The highest BCUT2D eigenvalue weighted by atomic mass is 16.3. The second-order valence-electron chi connectivity index (χ2n) is 11.2. The fraction of sp³-hybridized carbons (Fsp3) is 0. The summed E-state index contributed by atoms with van der Waals surface area (Å²) in [4.78, 5) is 0. The molecule has 0 aliphatic carbocycles. The first kappa shape index (κ1) is 22.1. The molecular formula is C40H22O2. The molecule has 0 unspecified atom stereocenters. The maximum absolute atomic E-state index is 6.68. The average molecular weight is 535 g/mol. The Kier molecular flexibility index (Phi) is 4.21. The third kappa shape index (κ3) is 2.83. The van der Waals surface area contributed by atoms with Gasteiger partial charge in [-0.3, -0.25) is 0 Å². The molecule has 194 valence electrons. The van der Waals surface area contributed by atoms with Gasteiger partial charge in [-0.1, -0.05) is 97.1 Å². The summed E-state index contributed by atoms with van der Waals surface area (Å²) in [7, 11) is 0. The Hall–Kier alpha value is -5.60. The van der Waals surface area contributed by atoms with Gasteiger partial charge < -0.3 is 8.83 Å². The number of fused-ring (bicyclic) bond motifs is 2. The zero-order chi connectivity index (χ0) is 27.4. The minimum atomic E-state index is 0.870. The molecule has 0 radical (unpaired) electrons. The summed E-state index contributed by atoms with van der Waals surface area (Å²) in [6.07, 6.45) is 0. The van der Waals surface area contributed by atoms with E-state index in [0.29, 0.717) is 0 Å². The number of hydrogen-bond acceptors (Lipinski definition) is 2. The molecule has 8 aromatic carbocycles. The lowest BCUT2D eigenvalue weighted by Gasteiger charge is -2.22. The molecule has 2 nitrogen and oxygen atoms in total. The fourth-order valence-corrected chi connectivity index (χ4v) is 7.26. The van der Waals surface area contributed by atoms with Crippen LogP contribution >= 0.6 is 0 Å². The van der Waals surface area contributed by atoms with Crippen LogP contribution in [0.4, 0.5) is 0 Å². The smallest absolute Gasteiger partial charge is 0.136 e. The van der Waals surface area contributed by atoms with Gasteiger partial charge in [-0.25, -0.2) is 0 Å². The Bertz CT molecular complexity index is 2440. The van der Waals surface area contributed by atoms with Gasteiger partial charge in [-0.2, -0.15) is 0 Å². The van der Waals surface area contributed by atoms with Crippen molar-refractivity contribution in [2.75, 3.05) is 0 Å². The second kappa shape index (κ2) is 7.99. The Balaban J connectivity index is 1.32. The Morgan fingerprint density at radius 3 is 1.19 bits per heavy atom. The third-order valence-electron chi connectivity index (χ3n) is 9.06. The first-order valence-corrected chi connectivity index (χ1v) is 14.4. The first-order valence-electron chi connectivity index (χ1n) is 14.4. The van der Waals surface area contributed by atoms with E-state index in [-0.39, 0.29) is 0 Å². The molecule has 2 heterocycles. The van der Waals surface area contributed by atoms with Gasteiger partial charge in [0.15, 0.2) is 0 Å². The summed E-state index contributed by atoms with van der Waals surface area (Å²) >= 11 is 0. The van der Waals surface area contributed by atoms with E-state index in [0.717, 1.165) is 44.2 Å². The van der Waals surface area contributed by atoms with Crippen molar-refractivity contribution in [1.29, 1.82) is 0 Å².